The maximum atomic E-state index is 12.5. The molecule has 26 heavy (non-hydrogen) atoms. The molecule has 1 atom stereocenters. The molecule has 1 saturated heterocycles. The van der Waals surface area contributed by atoms with Crippen LogP contribution in [0.2, 0.25) is 0 Å². The Morgan fingerprint density at radius 2 is 2.27 bits per heavy atom. The highest BCUT2D eigenvalue weighted by Gasteiger charge is 2.46. The second kappa shape index (κ2) is 6.81. The van der Waals surface area contributed by atoms with Crippen molar-refractivity contribution in [2.45, 2.75) is 38.8 Å². The first-order chi connectivity index (χ1) is 12.5. The van der Waals surface area contributed by atoms with Gasteiger partial charge in [-0.25, -0.2) is 0 Å². The third-order valence-corrected chi connectivity index (χ3v) is 5.91. The minimum atomic E-state index is -0.358. The lowest BCUT2D eigenvalue weighted by molar-refractivity contribution is -0.110. The Morgan fingerprint density at radius 1 is 1.38 bits per heavy atom. The summed E-state index contributed by atoms with van der Waals surface area (Å²) in [5.41, 5.74) is 1.60. The summed E-state index contributed by atoms with van der Waals surface area (Å²) in [4.78, 5) is 27.5. The number of aromatic nitrogens is 1. The SMILES string of the molecule is Cc1ccc(CN2CCC3(CC(C(=O)Nc4cccnc4C)=NO3)C2)s1. The second-order valence-corrected chi connectivity index (χ2v) is 8.43. The smallest absolute Gasteiger partial charge is 0.273 e. The van der Waals surface area contributed by atoms with E-state index < -0.39 is 0 Å². The number of oxime groups is 1. The van der Waals surface area contributed by atoms with Crippen molar-refractivity contribution in [1.82, 2.24) is 9.88 Å². The number of nitrogens with one attached hydrogen (secondary N) is 1. The van der Waals surface area contributed by atoms with E-state index >= 15 is 0 Å². The lowest BCUT2D eigenvalue weighted by Crippen LogP contribution is -2.35. The standard InChI is InChI=1S/C19H22N4O2S/c1-13-5-6-15(26-13)11-23-9-7-19(12-23)10-17(22-25-19)18(24)21-16-4-3-8-20-14(16)2/h3-6,8H,7,9-12H2,1-2H3,(H,21,24). The number of aryl methyl sites for hydroxylation is 2. The molecule has 1 spiro atoms. The van der Waals surface area contributed by atoms with Gasteiger partial charge in [0.05, 0.1) is 11.4 Å². The molecule has 1 amide bonds. The van der Waals surface area contributed by atoms with Crippen molar-refractivity contribution in [3.8, 4) is 0 Å². The van der Waals surface area contributed by atoms with Crippen LogP contribution in [0.25, 0.3) is 0 Å². The molecule has 1 unspecified atom stereocenters. The molecule has 1 N–H and O–H groups in total. The molecule has 0 saturated carbocycles. The van der Waals surface area contributed by atoms with Crippen LogP contribution in [0.4, 0.5) is 5.69 Å². The highest BCUT2D eigenvalue weighted by atomic mass is 32.1. The Kier molecular flexibility index (Phi) is 4.50. The van der Waals surface area contributed by atoms with Gasteiger partial charge in [0.1, 0.15) is 5.71 Å². The largest absolute Gasteiger partial charge is 0.387 e. The van der Waals surface area contributed by atoms with Crippen LogP contribution in [-0.4, -0.2) is 40.2 Å². The number of thiophene rings is 1. The summed E-state index contributed by atoms with van der Waals surface area (Å²) in [6, 6.07) is 7.99. The van der Waals surface area contributed by atoms with Gasteiger partial charge in [-0.15, -0.1) is 11.3 Å². The van der Waals surface area contributed by atoms with E-state index in [1.807, 2.05) is 24.3 Å². The minimum Gasteiger partial charge on any atom is -0.387 e. The van der Waals surface area contributed by atoms with Gasteiger partial charge in [0.25, 0.3) is 5.91 Å². The third-order valence-electron chi connectivity index (χ3n) is 4.93. The number of nitrogens with zero attached hydrogens (tertiary/aromatic N) is 3. The van der Waals surface area contributed by atoms with Gasteiger partial charge in [-0.05, 0) is 38.1 Å². The molecule has 1 fully saturated rings. The molecule has 136 valence electrons. The van der Waals surface area contributed by atoms with Crippen molar-refractivity contribution in [1.29, 1.82) is 0 Å². The van der Waals surface area contributed by atoms with Crippen LogP contribution < -0.4 is 5.32 Å². The Morgan fingerprint density at radius 3 is 3.04 bits per heavy atom. The maximum absolute atomic E-state index is 12.5. The third kappa shape index (κ3) is 3.50. The van der Waals surface area contributed by atoms with Crippen LogP contribution in [0.3, 0.4) is 0 Å². The van der Waals surface area contributed by atoms with E-state index in [2.05, 4.69) is 39.4 Å². The zero-order valence-corrected chi connectivity index (χ0v) is 15.8. The van der Waals surface area contributed by atoms with Gasteiger partial charge in [0, 0.05) is 48.4 Å². The highest BCUT2D eigenvalue weighted by molar-refractivity contribution is 7.11. The van der Waals surface area contributed by atoms with E-state index in [0.717, 1.165) is 31.7 Å². The number of hydrogen-bond acceptors (Lipinski definition) is 6. The number of carbonyl (C=O) groups excluding carboxylic acids is 1. The molecule has 0 bridgehead atoms. The summed E-state index contributed by atoms with van der Waals surface area (Å²) in [6.07, 6.45) is 3.15. The molecule has 2 aliphatic heterocycles. The zero-order valence-electron chi connectivity index (χ0n) is 15.0. The second-order valence-electron chi connectivity index (χ2n) is 7.05. The molecule has 2 aliphatic rings. The molecule has 4 rings (SSSR count). The van der Waals surface area contributed by atoms with Crippen LogP contribution in [0, 0.1) is 13.8 Å². The predicted octanol–water partition coefficient (Wildman–Crippen LogP) is 3.12. The van der Waals surface area contributed by atoms with Crippen LogP contribution in [-0.2, 0) is 16.2 Å². The van der Waals surface area contributed by atoms with Crippen molar-refractivity contribution >= 4 is 28.6 Å². The topological polar surface area (TPSA) is 66.8 Å². The van der Waals surface area contributed by atoms with Crippen LogP contribution in [0.15, 0.2) is 35.6 Å². The first-order valence-corrected chi connectivity index (χ1v) is 9.60. The Bertz CT molecular complexity index is 863. The normalized spacial score (nSPS) is 22.5. The zero-order chi connectivity index (χ0) is 18.1. The molecule has 0 aromatic carbocycles. The van der Waals surface area contributed by atoms with Gasteiger partial charge in [0.2, 0.25) is 0 Å². The van der Waals surface area contributed by atoms with Crippen molar-refractivity contribution < 1.29 is 9.63 Å². The van der Waals surface area contributed by atoms with E-state index in [4.69, 9.17) is 4.84 Å². The summed E-state index contributed by atoms with van der Waals surface area (Å²) in [7, 11) is 0. The van der Waals surface area contributed by atoms with Crippen molar-refractivity contribution in [2.24, 2.45) is 5.16 Å². The van der Waals surface area contributed by atoms with Gasteiger partial charge in [-0.2, -0.15) is 0 Å². The average Bonchev–Trinajstić information content (AvgIpc) is 3.32. The fraction of sp³-hybridized carbons (Fsp3) is 0.421. The highest BCUT2D eigenvalue weighted by Crippen LogP contribution is 2.35. The monoisotopic (exact) mass is 370 g/mol. The number of hydrogen-bond donors (Lipinski definition) is 1. The van der Waals surface area contributed by atoms with Gasteiger partial charge in [0.15, 0.2) is 5.60 Å². The van der Waals surface area contributed by atoms with Crippen molar-refractivity contribution in [2.75, 3.05) is 18.4 Å². The lowest BCUT2D eigenvalue weighted by Gasteiger charge is -2.21. The first kappa shape index (κ1) is 17.2. The quantitative estimate of drug-likeness (QED) is 0.898. The average molecular weight is 370 g/mol. The fourth-order valence-electron chi connectivity index (χ4n) is 3.53. The number of pyridine rings is 1. The first-order valence-electron chi connectivity index (χ1n) is 8.79. The number of anilines is 1. The molecule has 7 heteroatoms. The number of carbonyl (C=O) groups is 1. The number of amides is 1. The fourth-order valence-corrected chi connectivity index (χ4v) is 4.46. The molecule has 4 heterocycles. The molecular formula is C19H22N4O2S. The van der Waals surface area contributed by atoms with E-state index in [9.17, 15) is 4.79 Å². The molecule has 0 radical (unpaired) electrons. The molecule has 0 aliphatic carbocycles. The Hall–Kier alpha value is -2.25. The summed E-state index contributed by atoms with van der Waals surface area (Å²) in [6.45, 7) is 6.69. The summed E-state index contributed by atoms with van der Waals surface area (Å²) >= 11 is 1.83. The predicted molar refractivity (Wildman–Crippen MR) is 102 cm³/mol. The molecule has 2 aromatic heterocycles. The van der Waals surface area contributed by atoms with E-state index in [0.29, 0.717) is 17.8 Å². The minimum absolute atomic E-state index is 0.203. The summed E-state index contributed by atoms with van der Waals surface area (Å²) in [5, 5.41) is 6.99. The van der Waals surface area contributed by atoms with Gasteiger partial charge < -0.3 is 10.2 Å². The van der Waals surface area contributed by atoms with E-state index in [1.54, 1.807) is 12.3 Å². The number of rotatable bonds is 4. The lowest BCUT2D eigenvalue weighted by atomic mass is 9.96. The summed E-state index contributed by atoms with van der Waals surface area (Å²) < 4.78 is 0. The van der Waals surface area contributed by atoms with Crippen molar-refractivity contribution in [3.05, 3.63) is 45.9 Å². The Balaban J connectivity index is 1.35. The van der Waals surface area contributed by atoms with Gasteiger partial charge >= 0.3 is 0 Å². The van der Waals surface area contributed by atoms with Crippen LogP contribution >= 0.6 is 11.3 Å². The molecule has 2 aromatic rings. The van der Waals surface area contributed by atoms with Gasteiger partial charge in [-0.3, -0.25) is 14.7 Å². The van der Waals surface area contributed by atoms with Crippen molar-refractivity contribution in [3.63, 3.8) is 0 Å². The van der Waals surface area contributed by atoms with Gasteiger partial charge in [-0.1, -0.05) is 5.16 Å². The molecule has 6 nitrogen and oxygen atoms in total. The van der Waals surface area contributed by atoms with E-state index in [1.165, 1.54) is 9.75 Å². The van der Waals surface area contributed by atoms with Crippen LogP contribution in [0.1, 0.15) is 28.3 Å². The molecular weight excluding hydrogens is 348 g/mol. The van der Waals surface area contributed by atoms with Crippen LogP contribution in [0.5, 0.6) is 0 Å². The maximum Gasteiger partial charge on any atom is 0.273 e. The Labute approximate surface area is 156 Å². The summed E-state index contributed by atoms with van der Waals surface area (Å²) in [5.74, 6) is -0.203. The number of likely N-dealkylation sites (tertiary alicyclic amines) is 1. The van der Waals surface area contributed by atoms with E-state index in [-0.39, 0.29) is 11.5 Å².